The molecular formula is C8H17N3. The Morgan fingerprint density at radius 1 is 1.36 bits per heavy atom. The second-order valence-electron chi connectivity index (χ2n) is 3.65. The molecule has 64 valence electrons. The molecule has 0 amide bonds. The van der Waals surface area contributed by atoms with Crippen LogP contribution >= 0.6 is 0 Å². The molecule has 2 unspecified atom stereocenters. The molecule has 1 saturated heterocycles. The summed E-state index contributed by atoms with van der Waals surface area (Å²) < 4.78 is 0. The Balaban J connectivity index is 2.00. The highest BCUT2D eigenvalue weighted by Gasteiger charge is 2.41. The van der Waals surface area contributed by atoms with E-state index in [0.29, 0.717) is 0 Å². The monoisotopic (exact) mass is 155 g/mol. The van der Waals surface area contributed by atoms with Gasteiger partial charge in [0.05, 0.1) is 0 Å². The van der Waals surface area contributed by atoms with Crippen LogP contribution in [0.1, 0.15) is 19.3 Å². The Morgan fingerprint density at radius 3 is 2.64 bits per heavy atom. The third kappa shape index (κ3) is 1.08. The number of hydrogen-bond donors (Lipinski definition) is 1. The van der Waals surface area contributed by atoms with E-state index >= 15 is 0 Å². The van der Waals surface area contributed by atoms with Crippen LogP contribution in [0.3, 0.4) is 0 Å². The van der Waals surface area contributed by atoms with Gasteiger partial charge in [-0.25, -0.2) is 10.0 Å². The summed E-state index contributed by atoms with van der Waals surface area (Å²) in [4.78, 5) is 0. The fourth-order valence-electron chi connectivity index (χ4n) is 2.48. The average Bonchev–Trinajstić information content (AvgIpc) is 2.54. The zero-order valence-corrected chi connectivity index (χ0v) is 7.16. The molecule has 0 aromatic carbocycles. The molecule has 2 rings (SSSR count). The molecule has 1 heterocycles. The van der Waals surface area contributed by atoms with Gasteiger partial charge in [0.25, 0.3) is 0 Å². The normalized spacial score (nSPS) is 38.7. The number of nitrogens with two attached hydrogens (primary N) is 1. The first kappa shape index (κ1) is 7.53. The summed E-state index contributed by atoms with van der Waals surface area (Å²) in [5.74, 6) is 0. The summed E-state index contributed by atoms with van der Waals surface area (Å²) in [7, 11) is 2.19. The van der Waals surface area contributed by atoms with Gasteiger partial charge < -0.3 is 5.73 Å². The molecule has 3 heteroatoms. The molecule has 0 aromatic rings. The number of hydrogen-bond acceptors (Lipinski definition) is 3. The maximum absolute atomic E-state index is 5.53. The van der Waals surface area contributed by atoms with Crippen LogP contribution in [0.5, 0.6) is 0 Å². The average molecular weight is 155 g/mol. The van der Waals surface area contributed by atoms with Gasteiger partial charge in [0.1, 0.15) is 0 Å². The van der Waals surface area contributed by atoms with E-state index in [4.69, 9.17) is 5.73 Å². The van der Waals surface area contributed by atoms with Crippen LogP contribution in [-0.4, -0.2) is 42.2 Å². The lowest BCUT2D eigenvalue weighted by Crippen LogP contribution is -2.46. The SMILES string of the molecule is CN1C2CCC(C2)N1CCN. The largest absolute Gasteiger partial charge is 0.329 e. The van der Waals surface area contributed by atoms with Gasteiger partial charge in [-0.2, -0.15) is 0 Å². The fourth-order valence-corrected chi connectivity index (χ4v) is 2.48. The third-order valence-corrected chi connectivity index (χ3v) is 3.09. The summed E-state index contributed by atoms with van der Waals surface area (Å²) in [6.45, 7) is 1.82. The quantitative estimate of drug-likeness (QED) is 0.610. The highest BCUT2D eigenvalue weighted by Crippen LogP contribution is 2.35. The van der Waals surface area contributed by atoms with Crippen molar-refractivity contribution in [2.24, 2.45) is 5.73 Å². The van der Waals surface area contributed by atoms with Crippen molar-refractivity contribution < 1.29 is 0 Å². The molecule has 2 aliphatic rings. The standard InChI is InChI=1S/C8H17N3/c1-10-7-2-3-8(6-7)11(10)5-4-9/h7-8H,2-6,9H2,1H3. The van der Waals surface area contributed by atoms with Crippen molar-refractivity contribution in [1.82, 2.24) is 10.0 Å². The predicted octanol–water partition coefficient (Wildman–Crippen LogP) is 0.0286. The fraction of sp³-hybridized carbons (Fsp3) is 1.00. The van der Waals surface area contributed by atoms with Crippen molar-refractivity contribution >= 4 is 0 Å². The van der Waals surface area contributed by atoms with Crippen molar-refractivity contribution in [2.45, 2.75) is 31.3 Å². The van der Waals surface area contributed by atoms with E-state index in [1.54, 1.807) is 0 Å². The molecule has 0 radical (unpaired) electrons. The lowest BCUT2D eigenvalue weighted by atomic mass is 10.2. The Bertz CT molecular complexity index is 146. The minimum atomic E-state index is 0.785. The zero-order chi connectivity index (χ0) is 7.84. The van der Waals surface area contributed by atoms with Crippen molar-refractivity contribution in [3.05, 3.63) is 0 Å². The number of hydrazine groups is 1. The Kier molecular flexibility index (Phi) is 1.87. The van der Waals surface area contributed by atoms with Crippen molar-refractivity contribution in [1.29, 1.82) is 0 Å². The number of fused-ring (bicyclic) bond motifs is 2. The maximum atomic E-state index is 5.53. The molecule has 0 spiro atoms. The molecule has 2 atom stereocenters. The van der Waals surface area contributed by atoms with Crippen LogP contribution < -0.4 is 5.73 Å². The highest BCUT2D eigenvalue weighted by atomic mass is 15.7. The van der Waals surface area contributed by atoms with E-state index in [1.165, 1.54) is 19.3 Å². The van der Waals surface area contributed by atoms with E-state index in [2.05, 4.69) is 17.1 Å². The Hall–Kier alpha value is -0.120. The van der Waals surface area contributed by atoms with Crippen LogP contribution in [-0.2, 0) is 0 Å². The number of rotatable bonds is 2. The van der Waals surface area contributed by atoms with E-state index in [-0.39, 0.29) is 0 Å². The summed E-state index contributed by atoms with van der Waals surface area (Å²) >= 11 is 0. The maximum Gasteiger partial charge on any atom is 0.0262 e. The van der Waals surface area contributed by atoms with Gasteiger partial charge in [0.15, 0.2) is 0 Å². The van der Waals surface area contributed by atoms with Crippen LogP contribution in [0.25, 0.3) is 0 Å². The van der Waals surface area contributed by atoms with Gasteiger partial charge in [0, 0.05) is 32.2 Å². The van der Waals surface area contributed by atoms with Crippen molar-refractivity contribution in [3.8, 4) is 0 Å². The van der Waals surface area contributed by atoms with E-state index in [9.17, 15) is 0 Å². The second-order valence-corrected chi connectivity index (χ2v) is 3.65. The van der Waals surface area contributed by atoms with Crippen LogP contribution in [0.4, 0.5) is 0 Å². The molecular weight excluding hydrogens is 138 g/mol. The lowest BCUT2D eigenvalue weighted by Gasteiger charge is -2.35. The van der Waals surface area contributed by atoms with Gasteiger partial charge in [0.2, 0.25) is 0 Å². The topological polar surface area (TPSA) is 32.5 Å². The summed E-state index contributed by atoms with van der Waals surface area (Å²) in [5, 5.41) is 4.83. The summed E-state index contributed by atoms with van der Waals surface area (Å²) in [5.41, 5.74) is 5.53. The van der Waals surface area contributed by atoms with Crippen molar-refractivity contribution in [2.75, 3.05) is 20.1 Å². The van der Waals surface area contributed by atoms with Gasteiger partial charge >= 0.3 is 0 Å². The van der Waals surface area contributed by atoms with Crippen molar-refractivity contribution in [3.63, 3.8) is 0 Å². The minimum Gasteiger partial charge on any atom is -0.329 e. The van der Waals surface area contributed by atoms with E-state index in [0.717, 1.165) is 25.2 Å². The first-order valence-corrected chi connectivity index (χ1v) is 4.52. The van der Waals surface area contributed by atoms with Crippen LogP contribution in [0.2, 0.25) is 0 Å². The molecule has 2 fully saturated rings. The molecule has 1 aliphatic heterocycles. The highest BCUT2D eigenvalue weighted by molar-refractivity contribution is 4.92. The molecule has 1 saturated carbocycles. The zero-order valence-electron chi connectivity index (χ0n) is 7.16. The first-order chi connectivity index (χ1) is 5.33. The van der Waals surface area contributed by atoms with Crippen LogP contribution in [0.15, 0.2) is 0 Å². The summed E-state index contributed by atoms with van der Waals surface area (Å²) in [6.07, 6.45) is 4.15. The first-order valence-electron chi connectivity index (χ1n) is 4.52. The predicted molar refractivity (Wildman–Crippen MR) is 45.0 cm³/mol. The van der Waals surface area contributed by atoms with Gasteiger partial charge in [-0.3, -0.25) is 0 Å². The molecule has 11 heavy (non-hydrogen) atoms. The van der Waals surface area contributed by atoms with E-state index in [1.807, 2.05) is 0 Å². The Labute approximate surface area is 68.1 Å². The smallest absolute Gasteiger partial charge is 0.0262 e. The van der Waals surface area contributed by atoms with Crippen LogP contribution in [0, 0.1) is 0 Å². The van der Waals surface area contributed by atoms with Gasteiger partial charge in [-0.05, 0) is 19.3 Å². The molecule has 3 nitrogen and oxygen atoms in total. The lowest BCUT2D eigenvalue weighted by molar-refractivity contribution is -0.0272. The second kappa shape index (κ2) is 2.73. The molecule has 2 N–H and O–H groups in total. The summed E-state index contributed by atoms with van der Waals surface area (Å²) in [6, 6.07) is 1.64. The van der Waals surface area contributed by atoms with E-state index < -0.39 is 0 Å². The van der Waals surface area contributed by atoms with Gasteiger partial charge in [-0.15, -0.1) is 0 Å². The third-order valence-electron chi connectivity index (χ3n) is 3.09. The molecule has 0 aromatic heterocycles. The minimum absolute atomic E-state index is 0.785. The van der Waals surface area contributed by atoms with Gasteiger partial charge in [-0.1, -0.05) is 0 Å². The number of nitrogens with zero attached hydrogens (tertiary/aromatic N) is 2. The Morgan fingerprint density at radius 2 is 2.09 bits per heavy atom. The molecule has 2 bridgehead atoms. The molecule has 1 aliphatic carbocycles.